The van der Waals surface area contributed by atoms with E-state index in [1.807, 2.05) is 36.5 Å². The summed E-state index contributed by atoms with van der Waals surface area (Å²) in [5, 5.41) is 7.13. The van der Waals surface area contributed by atoms with Crippen LogP contribution in [0, 0.1) is 0 Å². The van der Waals surface area contributed by atoms with Gasteiger partial charge in [0.25, 0.3) is 5.91 Å². The number of nitrogens with one attached hydrogen (secondary N) is 1. The third-order valence-electron chi connectivity index (χ3n) is 4.61. The van der Waals surface area contributed by atoms with Crippen molar-refractivity contribution >= 4 is 17.5 Å². The average molecular weight is 361 g/mol. The number of pyridine rings is 1. The van der Waals surface area contributed by atoms with Gasteiger partial charge in [-0.1, -0.05) is 6.07 Å². The lowest BCUT2D eigenvalue weighted by Crippen LogP contribution is -2.43. The number of hydrogen-bond acceptors (Lipinski definition) is 4. The molecule has 1 aliphatic rings. The van der Waals surface area contributed by atoms with Gasteiger partial charge in [0.05, 0.1) is 11.3 Å². The molecule has 0 spiro atoms. The Hall–Kier alpha value is -3.48. The highest BCUT2D eigenvalue weighted by atomic mass is 16.2. The van der Waals surface area contributed by atoms with Crippen LogP contribution in [-0.4, -0.2) is 44.1 Å². The molecular formula is C20H19N5O2. The summed E-state index contributed by atoms with van der Waals surface area (Å²) >= 11 is 0. The molecule has 2 amide bonds. The van der Waals surface area contributed by atoms with Gasteiger partial charge in [-0.15, -0.1) is 0 Å². The van der Waals surface area contributed by atoms with Crippen LogP contribution >= 0.6 is 0 Å². The van der Waals surface area contributed by atoms with Gasteiger partial charge >= 0.3 is 0 Å². The topological polar surface area (TPSA) is 80.1 Å². The molecule has 1 saturated heterocycles. The molecule has 1 aromatic carbocycles. The van der Waals surface area contributed by atoms with E-state index in [-0.39, 0.29) is 11.8 Å². The smallest absolute Gasteiger partial charge is 0.256 e. The van der Waals surface area contributed by atoms with Crippen LogP contribution in [0.15, 0.2) is 67.3 Å². The van der Waals surface area contributed by atoms with E-state index in [2.05, 4.69) is 15.4 Å². The van der Waals surface area contributed by atoms with Crippen LogP contribution in [0.3, 0.4) is 0 Å². The van der Waals surface area contributed by atoms with Crippen molar-refractivity contribution in [2.24, 2.45) is 0 Å². The van der Waals surface area contributed by atoms with Crippen molar-refractivity contribution in [2.75, 3.05) is 11.9 Å². The number of carbonyl (C=O) groups excluding carboxylic acids is 2. The number of carbonyl (C=O) groups is 2. The molecule has 4 rings (SSSR count). The molecule has 0 unspecified atom stereocenters. The standard InChI is InChI=1S/C20H19N5O2/c26-19(23-16-6-1-7-17(13-16)25-12-4-10-22-25)18-8-3-11-24(18)20(27)15-5-2-9-21-14-15/h1-2,4-7,9-10,12-14,18H,3,8,11H2,(H,23,26)/t18-/m0/s1. The molecule has 0 saturated carbocycles. The monoisotopic (exact) mass is 361 g/mol. The van der Waals surface area contributed by atoms with Crippen molar-refractivity contribution in [2.45, 2.75) is 18.9 Å². The quantitative estimate of drug-likeness (QED) is 0.774. The highest BCUT2D eigenvalue weighted by Gasteiger charge is 2.34. The molecule has 3 aromatic rings. The van der Waals surface area contributed by atoms with Gasteiger partial charge in [-0.05, 0) is 49.2 Å². The van der Waals surface area contributed by atoms with E-state index < -0.39 is 6.04 Å². The third-order valence-corrected chi connectivity index (χ3v) is 4.61. The first kappa shape index (κ1) is 17.0. The van der Waals surface area contributed by atoms with Crippen LogP contribution in [0.25, 0.3) is 5.69 Å². The molecule has 2 aromatic heterocycles. The molecule has 1 fully saturated rings. The molecular weight excluding hydrogens is 342 g/mol. The lowest BCUT2D eigenvalue weighted by Gasteiger charge is -2.24. The SMILES string of the molecule is O=C(Nc1cccc(-n2cccn2)c1)[C@@H]1CCCN1C(=O)c1cccnc1. The molecule has 0 bridgehead atoms. The third kappa shape index (κ3) is 3.57. The Labute approximate surface area is 156 Å². The molecule has 1 N–H and O–H groups in total. The van der Waals surface area contributed by atoms with Gasteiger partial charge in [-0.3, -0.25) is 14.6 Å². The highest BCUT2D eigenvalue weighted by molar-refractivity contribution is 6.01. The fourth-order valence-electron chi connectivity index (χ4n) is 3.31. The van der Waals surface area contributed by atoms with Crippen molar-refractivity contribution in [1.82, 2.24) is 19.7 Å². The molecule has 3 heterocycles. The van der Waals surface area contributed by atoms with Crippen molar-refractivity contribution in [3.8, 4) is 5.69 Å². The number of hydrogen-bond donors (Lipinski definition) is 1. The van der Waals surface area contributed by atoms with E-state index in [1.165, 1.54) is 6.20 Å². The lowest BCUT2D eigenvalue weighted by molar-refractivity contribution is -0.119. The molecule has 7 heteroatoms. The molecule has 27 heavy (non-hydrogen) atoms. The lowest BCUT2D eigenvalue weighted by atomic mass is 10.1. The second-order valence-electron chi connectivity index (χ2n) is 6.39. The Morgan fingerprint density at radius 1 is 1.11 bits per heavy atom. The molecule has 7 nitrogen and oxygen atoms in total. The number of likely N-dealkylation sites (tertiary alicyclic amines) is 1. The van der Waals surface area contributed by atoms with E-state index in [1.54, 1.807) is 34.1 Å². The first-order valence-corrected chi connectivity index (χ1v) is 8.84. The van der Waals surface area contributed by atoms with Crippen LogP contribution in [0.4, 0.5) is 5.69 Å². The van der Waals surface area contributed by atoms with E-state index in [4.69, 9.17) is 0 Å². The zero-order valence-electron chi connectivity index (χ0n) is 14.7. The van der Waals surface area contributed by atoms with Crippen LogP contribution in [0.2, 0.25) is 0 Å². The van der Waals surface area contributed by atoms with E-state index in [0.29, 0.717) is 24.2 Å². The van der Waals surface area contributed by atoms with Gasteiger partial charge < -0.3 is 10.2 Å². The summed E-state index contributed by atoms with van der Waals surface area (Å²) in [5.41, 5.74) is 2.03. The maximum atomic E-state index is 12.8. The summed E-state index contributed by atoms with van der Waals surface area (Å²) in [5.74, 6) is -0.339. The van der Waals surface area contributed by atoms with Crippen molar-refractivity contribution in [3.05, 3.63) is 72.8 Å². The van der Waals surface area contributed by atoms with Crippen LogP contribution in [0.1, 0.15) is 23.2 Å². The van der Waals surface area contributed by atoms with Gasteiger partial charge in [0.2, 0.25) is 5.91 Å². The van der Waals surface area contributed by atoms with Gasteiger partial charge in [-0.25, -0.2) is 4.68 Å². The summed E-state index contributed by atoms with van der Waals surface area (Å²) in [6.45, 7) is 0.569. The van der Waals surface area contributed by atoms with Gasteiger partial charge in [-0.2, -0.15) is 5.10 Å². The molecule has 1 atom stereocenters. The summed E-state index contributed by atoms with van der Waals surface area (Å²) in [6.07, 6.45) is 8.15. The van der Waals surface area contributed by atoms with Crippen LogP contribution in [0.5, 0.6) is 0 Å². The van der Waals surface area contributed by atoms with Crippen molar-refractivity contribution in [3.63, 3.8) is 0 Å². The minimum Gasteiger partial charge on any atom is -0.327 e. The average Bonchev–Trinajstić information content (AvgIpc) is 3.40. The number of amides is 2. The first-order valence-electron chi connectivity index (χ1n) is 8.84. The summed E-state index contributed by atoms with van der Waals surface area (Å²) in [7, 11) is 0. The fourth-order valence-corrected chi connectivity index (χ4v) is 3.31. The van der Waals surface area contributed by atoms with E-state index >= 15 is 0 Å². The molecule has 1 aliphatic heterocycles. The molecule has 0 aliphatic carbocycles. The Balaban J connectivity index is 1.49. The minimum absolute atomic E-state index is 0.161. The Morgan fingerprint density at radius 2 is 2.04 bits per heavy atom. The maximum Gasteiger partial charge on any atom is 0.256 e. The summed E-state index contributed by atoms with van der Waals surface area (Å²) in [4.78, 5) is 31.2. The Kier molecular flexibility index (Phi) is 4.65. The van der Waals surface area contributed by atoms with E-state index in [9.17, 15) is 9.59 Å². The second-order valence-corrected chi connectivity index (χ2v) is 6.39. The number of anilines is 1. The fraction of sp³-hybridized carbons (Fsp3) is 0.200. The Morgan fingerprint density at radius 3 is 2.81 bits per heavy atom. The zero-order chi connectivity index (χ0) is 18.6. The van der Waals surface area contributed by atoms with Gasteiger partial charge in [0.1, 0.15) is 6.04 Å². The van der Waals surface area contributed by atoms with Gasteiger partial charge in [0, 0.05) is 37.0 Å². The first-order chi connectivity index (χ1) is 13.2. The van der Waals surface area contributed by atoms with Crippen LogP contribution < -0.4 is 5.32 Å². The number of aromatic nitrogens is 3. The summed E-state index contributed by atoms with van der Waals surface area (Å²) in [6, 6.07) is 12.3. The van der Waals surface area contributed by atoms with Crippen LogP contribution in [-0.2, 0) is 4.79 Å². The predicted octanol–water partition coefficient (Wildman–Crippen LogP) is 2.51. The highest BCUT2D eigenvalue weighted by Crippen LogP contribution is 2.22. The zero-order valence-corrected chi connectivity index (χ0v) is 14.7. The number of benzene rings is 1. The van der Waals surface area contributed by atoms with Crippen molar-refractivity contribution in [1.29, 1.82) is 0 Å². The van der Waals surface area contributed by atoms with Gasteiger partial charge in [0.15, 0.2) is 0 Å². The second kappa shape index (κ2) is 7.41. The molecule has 0 radical (unpaired) electrons. The normalized spacial score (nSPS) is 16.3. The minimum atomic E-state index is -0.480. The van der Waals surface area contributed by atoms with E-state index in [0.717, 1.165) is 12.1 Å². The largest absolute Gasteiger partial charge is 0.327 e. The Bertz CT molecular complexity index is 940. The predicted molar refractivity (Wildman–Crippen MR) is 100 cm³/mol. The number of rotatable bonds is 4. The summed E-state index contributed by atoms with van der Waals surface area (Å²) < 4.78 is 1.73. The maximum absolute atomic E-state index is 12.8. The van der Waals surface area contributed by atoms with Crippen molar-refractivity contribution < 1.29 is 9.59 Å². The number of nitrogens with zero attached hydrogens (tertiary/aromatic N) is 4. The molecule has 136 valence electrons.